The smallest absolute Gasteiger partial charge is 0.230 e. The predicted octanol–water partition coefficient (Wildman–Crippen LogP) is 4.32. The molecule has 0 unspecified atom stereocenters. The normalized spacial score (nSPS) is 11.0. The Balaban J connectivity index is 1.52. The molecular weight excluding hydrogens is 351 g/mol. The summed E-state index contributed by atoms with van der Waals surface area (Å²) in [5.74, 6) is -0.538. The average molecular weight is 366 g/mol. The number of aromatic nitrogens is 3. The first kappa shape index (κ1) is 16.4. The number of nitrogens with one attached hydrogen (secondary N) is 2. The molecule has 0 aliphatic rings. The van der Waals surface area contributed by atoms with Crippen molar-refractivity contribution in [3.63, 3.8) is 0 Å². The van der Waals surface area contributed by atoms with Gasteiger partial charge in [-0.2, -0.15) is 0 Å². The quantitative estimate of drug-likeness (QED) is 0.565. The first-order chi connectivity index (χ1) is 12.6. The molecule has 0 fully saturated rings. The lowest BCUT2D eigenvalue weighted by atomic mass is 10.1. The van der Waals surface area contributed by atoms with Gasteiger partial charge in [0.1, 0.15) is 10.8 Å². The number of halogens is 1. The van der Waals surface area contributed by atoms with Crippen molar-refractivity contribution in [3.8, 4) is 10.6 Å². The van der Waals surface area contributed by atoms with E-state index in [1.165, 1.54) is 23.5 Å². The monoisotopic (exact) mass is 366 g/mol. The Morgan fingerprint density at radius 1 is 1.19 bits per heavy atom. The minimum atomic E-state index is -0.324. The summed E-state index contributed by atoms with van der Waals surface area (Å²) in [5.41, 5.74) is 3.40. The molecule has 130 valence electrons. The summed E-state index contributed by atoms with van der Waals surface area (Å²) >= 11 is 1.32. The summed E-state index contributed by atoms with van der Waals surface area (Å²) in [4.78, 5) is 15.6. The maximum absolute atomic E-state index is 13.5. The van der Waals surface area contributed by atoms with Crippen LogP contribution in [0.25, 0.3) is 21.5 Å². The van der Waals surface area contributed by atoms with Crippen LogP contribution in [0.15, 0.2) is 48.5 Å². The molecule has 5 nitrogen and oxygen atoms in total. The number of aryl methyl sites for hydroxylation is 1. The molecule has 26 heavy (non-hydrogen) atoms. The fraction of sp³-hybridized carbons (Fsp3) is 0.105. The lowest BCUT2D eigenvalue weighted by molar-refractivity contribution is -0.115. The van der Waals surface area contributed by atoms with Crippen molar-refractivity contribution in [1.82, 2.24) is 15.2 Å². The Kier molecular flexibility index (Phi) is 4.22. The van der Waals surface area contributed by atoms with E-state index < -0.39 is 0 Å². The van der Waals surface area contributed by atoms with Crippen LogP contribution in [-0.4, -0.2) is 21.1 Å². The molecule has 4 aromatic rings. The number of fused-ring (bicyclic) bond motifs is 1. The first-order valence-corrected chi connectivity index (χ1v) is 8.87. The molecule has 1 amide bonds. The number of hydrogen-bond acceptors (Lipinski definition) is 4. The van der Waals surface area contributed by atoms with Gasteiger partial charge in [0, 0.05) is 22.2 Å². The highest BCUT2D eigenvalue weighted by Crippen LogP contribution is 2.27. The highest BCUT2D eigenvalue weighted by atomic mass is 32.1. The van der Waals surface area contributed by atoms with Crippen molar-refractivity contribution in [3.05, 3.63) is 65.6 Å². The second kappa shape index (κ2) is 6.68. The minimum Gasteiger partial charge on any atom is -0.358 e. The van der Waals surface area contributed by atoms with Gasteiger partial charge in [-0.15, -0.1) is 10.2 Å². The zero-order chi connectivity index (χ0) is 18.1. The molecule has 2 heterocycles. The van der Waals surface area contributed by atoms with Gasteiger partial charge >= 0.3 is 0 Å². The van der Waals surface area contributed by atoms with Gasteiger partial charge in [0.15, 0.2) is 0 Å². The first-order valence-electron chi connectivity index (χ1n) is 8.05. The minimum absolute atomic E-state index is 0.134. The number of rotatable bonds is 4. The molecule has 7 heteroatoms. The molecule has 0 aliphatic heterocycles. The van der Waals surface area contributed by atoms with E-state index in [9.17, 15) is 9.18 Å². The van der Waals surface area contributed by atoms with E-state index in [0.29, 0.717) is 5.13 Å². The van der Waals surface area contributed by atoms with E-state index in [2.05, 4.69) is 20.5 Å². The molecule has 2 aromatic heterocycles. The van der Waals surface area contributed by atoms with Gasteiger partial charge in [0.25, 0.3) is 0 Å². The van der Waals surface area contributed by atoms with E-state index in [4.69, 9.17) is 0 Å². The van der Waals surface area contributed by atoms with Gasteiger partial charge in [0.2, 0.25) is 11.0 Å². The van der Waals surface area contributed by atoms with Crippen molar-refractivity contribution < 1.29 is 9.18 Å². The Labute approximate surface area is 152 Å². The van der Waals surface area contributed by atoms with E-state index in [1.807, 2.05) is 37.3 Å². The van der Waals surface area contributed by atoms with Gasteiger partial charge < -0.3 is 10.3 Å². The van der Waals surface area contributed by atoms with Crippen molar-refractivity contribution in [2.75, 3.05) is 5.32 Å². The second-order valence-corrected chi connectivity index (χ2v) is 6.90. The highest BCUT2D eigenvalue weighted by Gasteiger charge is 2.15. The Morgan fingerprint density at radius 2 is 2.00 bits per heavy atom. The Bertz CT molecular complexity index is 1090. The molecule has 0 saturated carbocycles. The molecule has 4 rings (SSSR count). The third kappa shape index (κ3) is 3.21. The third-order valence-electron chi connectivity index (χ3n) is 4.11. The van der Waals surface area contributed by atoms with Crippen LogP contribution >= 0.6 is 11.3 Å². The summed E-state index contributed by atoms with van der Waals surface area (Å²) in [7, 11) is 0. The molecule has 2 aromatic carbocycles. The van der Waals surface area contributed by atoms with Gasteiger partial charge in [0.05, 0.1) is 6.42 Å². The SMILES string of the molecule is Cc1[nH]c2ccc(F)cc2c1CC(=O)Nc1nnc(-c2ccccc2)s1. The van der Waals surface area contributed by atoms with Crippen LogP contribution in [0.1, 0.15) is 11.3 Å². The van der Waals surface area contributed by atoms with E-state index in [0.717, 1.165) is 32.7 Å². The number of H-pyrrole nitrogens is 1. The molecule has 0 bridgehead atoms. The van der Waals surface area contributed by atoms with Crippen LogP contribution < -0.4 is 5.32 Å². The largest absolute Gasteiger partial charge is 0.358 e. The fourth-order valence-electron chi connectivity index (χ4n) is 2.88. The zero-order valence-corrected chi connectivity index (χ0v) is 14.7. The maximum Gasteiger partial charge on any atom is 0.230 e. The number of nitrogens with zero attached hydrogens (tertiary/aromatic N) is 2. The molecule has 0 atom stereocenters. The van der Waals surface area contributed by atoms with Crippen LogP contribution in [0, 0.1) is 12.7 Å². The Hall–Kier alpha value is -3.06. The van der Waals surface area contributed by atoms with E-state index >= 15 is 0 Å². The van der Waals surface area contributed by atoms with Gasteiger partial charge in [-0.25, -0.2) is 4.39 Å². The zero-order valence-electron chi connectivity index (χ0n) is 13.9. The van der Waals surface area contributed by atoms with Crippen molar-refractivity contribution >= 4 is 33.3 Å². The summed E-state index contributed by atoms with van der Waals surface area (Å²) in [5, 5.41) is 12.8. The summed E-state index contributed by atoms with van der Waals surface area (Å²) in [6, 6.07) is 14.2. The molecular formula is C19H15FN4OS. The summed E-state index contributed by atoms with van der Waals surface area (Å²) in [6.45, 7) is 1.87. The molecule has 0 saturated heterocycles. The number of hydrogen-bond donors (Lipinski definition) is 2. The van der Waals surface area contributed by atoms with E-state index in [1.54, 1.807) is 6.07 Å². The number of amides is 1. The average Bonchev–Trinajstić information content (AvgIpc) is 3.21. The number of aromatic amines is 1. The number of carbonyl (C=O) groups is 1. The van der Waals surface area contributed by atoms with E-state index in [-0.39, 0.29) is 18.1 Å². The topological polar surface area (TPSA) is 70.7 Å². The van der Waals surface area contributed by atoms with Gasteiger partial charge in [-0.1, -0.05) is 41.7 Å². The lowest BCUT2D eigenvalue weighted by Gasteiger charge is -2.02. The maximum atomic E-state index is 13.5. The number of anilines is 1. The highest BCUT2D eigenvalue weighted by molar-refractivity contribution is 7.18. The standard InChI is InChI=1S/C19H15FN4OS/c1-11-14(15-9-13(20)7-8-16(15)21-11)10-17(25)22-19-24-23-18(26-19)12-5-3-2-4-6-12/h2-9,21H,10H2,1H3,(H,22,24,25). The lowest BCUT2D eigenvalue weighted by Crippen LogP contribution is -2.14. The van der Waals surface area contributed by atoms with Crippen molar-refractivity contribution in [2.45, 2.75) is 13.3 Å². The summed E-state index contributed by atoms with van der Waals surface area (Å²) < 4.78 is 13.5. The Morgan fingerprint density at radius 3 is 2.81 bits per heavy atom. The third-order valence-corrected chi connectivity index (χ3v) is 5.00. The predicted molar refractivity (Wildman–Crippen MR) is 101 cm³/mol. The molecule has 0 aliphatic carbocycles. The van der Waals surface area contributed by atoms with Crippen molar-refractivity contribution in [1.29, 1.82) is 0 Å². The molecule has 2 N–H and O–H groups in total. The van der Waals surface area contributed by atoms with Crippen LogP contribution in [0.3, 0.4) is 0 Å². The number of carbonyl (C=O) groups excluding carboxylic acids is 1. The van der Waals surface area contributed by atoms with Crippen LogP contribution in [0.2, 0.25) is 0 Å². The van der Waals surface area contributed by atoms with Crippen molar-refractivity contribution in [2.24, 2.45) is 0 Å². The fourth-order valence-corrected chi connectivity index (χ4v) is 3.64. The molecule has 0 spiro atoms. The van der Waals surface area contributed by atoms with Crippen LogP contribution in [-0.2, 0) is 11.2 Å². The van der Waals surface area contributed by atoms with Crippen LogP contribution in [0.5, 0.6) is 0 Å². The summed E-state index contributed by atoms with van der Waals surface area (Å²) in [6.07, 6.45) is 0.134. The second-order valence-electron chi connectivity index (χ2n) is 5.92. The number of benzene rings is 2. The van der Waals surface area contributed by atoms with Gasteiger partial charge in [-0.3, -0.25) is 4.79 Å². The molecule has 0 radical (unpaired) electrons. The van der Waals surface area contributed by atoms with Gasteiger partial charge in [-0.05, 0) is 30.7 Å². The van der Waals surface area contributed by atoms with Crippen LogP contribution in [0.4, 0.5) is 9.52 Å².